The van der Waals surface area contributed by atoms with E-state index < -0.39 is 5.82 Å². The van der Waals surface area contributed by atoms with Crippen molar-refractivity contribution in [2.75, 3.05) is 33.9 Å². The molecule has 5 nitrogen and oxygen atoms in total. The molecule has 2 rings (SSSR count). The van der Waals surface area contributed by atoms with Gasteiger partial charge < -0.3 is 19.7 Å². The second kappa shape index (κ2) is 6.09. The van der Waals surface area contributed by atoms with Gasteiger partial charge in [0.05, 0.1) is 19.8 Å². The number of nitrogens with zero attached hydrogens (tertiary/aromatic N) is 1. The average Bonchev–Trinajstić information content (AvgIpc) is 2.46. The van der Waals surface area contributed by atoms with Crippen LogP contribution in [0.15, 0.2) is 12.1 Å². The molecule has 1 heterocycles. The number of nitrogens with one attached hydrogen (secondary N) is 1. The van der Waals surface area contributed by atoms with E-state index in [1.165, 1.54) is 26.4 Å². The van der Waals surface area contributed by atoms with Crippen molar-refractivity contribution in [1.29, 1.82) is 0 Å². The molecule has 1 aliphatic heterocycles. The molecule has 0 unspecified atom stereocenters. The summed E-state index contributed by atoms with van der Waals surface area (Å²) < 4.78 is 24.2. The van der Waals surface area contributed by atoms with Gasteiger partial charge in [-0.3, -0.25) is 4.79 Å². The third-order valence-corrected chi connectivity index (χ3v) is 3.47. The molecule has 1 saturated heterocycles. The monoisotopic (exact) mass is 282 g/mol. The summed E-state index contributed by atoms with van der Waals surface area (Å²) in [6.07, 6.45) is 0. The van der Waals surface area contributed by atoms with Crippen LogP contribution < -0.4 is 14.8 Å². The van der Waals surface area contributed by atoms with E-state index in [0.717, 1.165) is 0 Å². The van der Waals surface area contributed by atoms with Crippen LogP contribution in [0, 0.1) is 5.82 Å². The molecule has 110 valence electrons. The van der Waals surface area contributed by atoms with Gasteiger partial charge in [-0.2, -0.15) is 0 Å². The van der Waals surface area contributed by atoms with Gasteiger partial charge >= 0.3 is 0 Å². The molecule has 0 saturated carbocycles. The van der Waals surface area contributed by atoms with Gasteiger partial charge in [-0.05, 0) is 13.0 Å². The molecular formula is C14H19FN2O3. The van der Waals surface area contributed by atoms with Gasteiger partial charge in [0, 0.05) is 31.7 Å². The maximum absolute atomic E-state index is 14.1. The molecule has 1 atom stereocenters. The second-order valence-corrected chi connectivity index (χ2v) is 4.74. The Morgan fingerprint density at radius 1 is 1.35 bits per heavy atom. The minimum Gasteiger partial charge on any atom is -0.493 e. The van der Waals surface area contributed by atoms with E-state index in [1.807, 2.05) is 6.92 Å². The van der Waals surface area contributed by atoms with Crippen LogP contribution >= 0.6 is 0 Å². The first-order valence-corrected chi connectivity index (χ1v) is 6.51. The van der Waals surface area contributed by atoms with Crippen LogP contribution in [0.4, 0.5) is 4.39 Å². The van der Waals surface area contributed by atoms with E-state index in [0.29, 0.717) is 25.4 Å². The molecule has 6 heteroatoms. The predicted octanol–water partition coefficient (Wildman–Crippen LogP) is 1.28. The number of carbonyl (C=O) groups is 1. The largest absolute Gasteiger partial charge is 0.493 e. The molecule has 0 radical (unpaired) electrons. The summed E-state index contributed by atoms with van der Waals surface area (Å²) in [7, 11) is 2.88. The molecule has 1 N–H and O–H groups in total. The van der Waals surface area contributed by atoms with Crippen molar-refractivity contribution in [3.63, 3.8) is 0 Å². The minimum absolute atomic E-state index is 0.0106. The van der Waals surface area contributed by atoms with Crippen molar-refractivity contribution in [2.45, 2.75) is 13.0 Å². The highest BCUT2D eigenvalue weighted by molar-refractivity contribution is 5.95. The lowest BCUT2D eigenvalue weighted by molar-refractivity contribution is 0.0650. The molecule has 1 aromatic rings. The number of amides is 1. The van der Waals surface area contributed by atoms with Gasteiger partial charge in [-0.25, -0.2) is 4.39 Å². The maximum Gasteiger partial charge on any atom is 0.257 e. The zero-order valence-electron chi connectivity index (χ0n) is 11.9. The molecule has 0 bridgehead atoms. The first-order chi connectivity index (χ1) is 9.58. The van der Waals surface area contributed by atoms with Crippen molar-refractivity contribution in [3.05, 3.63) is 23.5 Å². The first-order valence-electron chi connectivity index (χ1n) is 6.51. The second-order valence-electron chi connectivity index (χ2n) is 4.74. The Morgan fingerprint density at radius 2 is 2.00 bits per heavy atom. The van der Waals surface area contributed by atoms with Gasteiger partial charge in [-0.1, -0.05) is 0 Å². The highest BCUT2D eigenvalue weighted by Gasteiger charge is 2.27. The van der Waals surface area contributed by atoms with Gasteiger partial charge in [-0.15, -0.1) is 0 Å². The molecule has 0 aliphatic carbocycles. The number of hydrogen-bond donors (Lipinski definition) is 1. The number of piperazine rings is 1. The third kappa shape index (κ3) is 2.70. The third-order valence-electron chi connectivity index (χ3n) is 3.47. The molecular weight excluding hydrogens is 263 g/mol. The zero-order chi connectivity index (χ0) is 14.7. The Bertz CT molecular complexity index is 507. The highest BCUT2D eigenvalue weighted by Crippen LogP contribution is 2.30. The predicted molar refractivity (Wildman–Crippen MR) is 72.9 cm³/mol. The summed E-state index contributed by atoms with van der Waals surface area (Å²) in [4.78, 5) is 14.1. The van der Waals surface area contributed by atoms with E-state index in [4.69, 9.17) is 9.47 Å². The van der Waals surface area contributed by atoms with Crippen LogP contribution in [0.3, 0.4) is 0 Å². The van der Waals surface area contributed by atoms with Gasteiger partial charge in [0.2, 0.25) is 0 Å². The van der Waals surface area contributed by atoms with Crippen LogP contribution in [0.1, 0.15) is 17.3 Å². The van der Waals surface area contributed by atoms with E-state index in [-0.39, 0.29) is 23.3 Å². The standard InChI is InChI=1S/C14H19FN2O3/c1-9-8-16-4-5-17(9)14(18)10-6-12(19-2)13(20-3)7-11(10)15/h6-7,9,16H,4-5,8H2,1-3H3/t9-/m1/s1. The van der Waals surface area contributed by atoms with Crippen molar-refractivity contribution in [2.24, 2.45) is 0 Å². The van der Waals surface area contributed by atoms with Gasteiger partial charge in [0.1, 0.15) is 5.82 Å². The Balaban J connectivity index is 2.34. The fraction of sp³-hybridized carbons (Fsp3) is 0.500. The lowest BCUT2D eigenvalue weighted by Gasteiger charge is -2.34. The molecule has 20 heavy (non-hydrogen) atoms. The molecule has 1 amide bonds. The van der Waals surface area contributed by atoms with E-state index in [2.05, 4.69) is 5.32 Å². The maximum atomic E-state index is 14.1. The Hall–Kier alpha value is -1.82. The van der Waals surface area contributed by atoms with E-state index >= 15 is 0 Å². The number of ether oxygens (including phenoxy) is 2. The number of halogens is 1. The summed E-state index contributed by atoms with van der Waals surface area (Å²) in [5.74, 6) is -0.300. The SMILES string of the molecule is COc1cc(F)c(C(=O)N2CCNC[C@H]2C)cc1OC. The van der Waals surface area contributed by atoms with Crippen molar-refractivity contribution < 1.29 is 18.7 Å². The van der Waals surface area contributed by atoms with Crippen molar-refractivity contribution >= 4 is 5.91 Å². The summed E-state index contributed by atoms with van der Waals surface area (Å²) in [5, 5.41) is 3.19. The lowest BCUT2D eigenvalue weighted by Crippen LogP contribution is -2.52. The number of benzene rings is 1. The van der Waals surface area contributed by atoms with Crippen molar-refractivity contribution in [1.82, 2.24) is 10.2 Å². The van der Waals surface area contributed by atoms with Crippen LogP contribution in [0.25, 0.3) is 0 Å². The fourth-order valence-electron chi connectivity index (χ4n) is 2.32. The Kier molecular flexibility index (Phi) is 4.44. The topological polar surface area (TPSA) is 50.8 Å². The Labute approximate surface area is 117 Å². The summed E-state index contributed by atoms with van der Waals surface area (Å²) in [6, 6.07) is 2.60. The lowest BCUT2D eigenvalue weighted by atomic mass is 10.1. The van der Waals surface area contributed by atoms with Crippen LogP contribution in [-0.4, -0.2) is 50.7 Å². The summed E-state index contributed by atoms with van der Waals surface area (Å²) >= 11 is 0. The number of methoxy groups -OCH3 is 2. The zero-order valence-corrected chi connectivity index (χ0v) is 11.9. The fourth-order valence-corrected chi connectivity index (χ4v) is 2.32. The quantitative estimate of drug-likeness (QED) is 0.907. The van der Waals surface area contributed by atoms with Crippen LogP contribution in [0.5, 0.6) is 11.5 Å². The van der Waals surface area contributed by atoms with E-state index in [1.54, 1.807) is 4.90 Å². The number of hydrogen-bond acceptors (Lipinski definition) is 4. The van der Waals surface area contributed by atoms with Crippen LogP contribution in [0.2, 0.25) is 0 Å². The smallest absolute Gasteiger partial charge is 0.257 e. The minimum atomic E-state index is -0.599. The van der Waals surface area contributed by atoms with Crippen molar-refractivity contribution in [3.8, 4) is 11.5 Å². The van der Waals surface area contributed by atoms with Gasteiger partial charge in [0.25, 0.3) is 5.91 Å². The average molecular weight is 282 g/mol. The van der Waals surface area contributed by atoms with Crippen LogP contribution in [-0.2, 0) is 0 Å². The molecule has 1 aliphatic rings. The highest BCUT2D eigenvalue weighted by atomic mass is 19.1. The molecule has 0 aromatic heterocycles. The molecule has 0 spiro atoms. The Morgan fingerprint density at radius 3 is 2.60 bits per heavy atom. The molecule has 1 aromatic carbocycles. The molecule has 1 fully saturated rings. The number of rotatable bonds is 3. The summed E-state index contributed by atoms with van der Waals surface area (Å²) in [6.45, 7) is 3.92. The van der Waals surface area contributed by atoms with E-state index in [9.17, 15) is 9.18 Å². The van der Waals surface area contributed by atoms with Gasteiger partial charge in [0.15, 0.2) is 11.5 Å². The first kappa shape index (κ1) is 14.6. The summed E-state index contributed by atoms with van der Waals surface area (Å²) in [5.41, 5.74) is 0.0106. The normalized spacial score (nSPS) is 18.8. The number of carbonyl (C=O) groups excluding carboxylic acids is 1.